The van der Waals surface area contributed by atoms with Crippen LogP contribution in [0.2, 0.25) is 0 Å². The topological polar surface area (TPSA) is 78.5 Å². The fourth-order valence-electron chi connectivity index (χ4n) is 1.82. The summed E-state index contributed by atoms with van der Waals surface area (Å²) < 4.78 is 25.6. The highest BCUT2D eigenvalue weighted by Gasteiger charge is 2.21. The average molecular weight is 350 g/mol. The summed E-state index contributed by atoms with van der Waals surface area (Å²) in [6.45, 7) is 4.09. The molecule has 0 aliphatic rings. The largest absolute Gasteiger partial charge is 0.326 e. The van der Waals surface area contributed by atoms with Gasteiger partial charge in [-0.1, -0.05) is 13.0 Å². The molecule has 1 unspecified atom stereocenters. The van der Waals surface area contributed by atoms with E-state index in [2.05, 4.69) is 10.6 Å². The van der Waals surface area contributed by atoms with Crippen LogP contribution < -0.4 is 10.6 Å². The Balaban J connectivity index is 0.00000441. The number of nitrogens with one attached hydrogen (secondary N) is 2. The lowest BCUT2D eigenvalue weighted by atomic mass is 10.1. The van der Waals surface area contributed by atoms with Gasteiger partial charge in [0.05, 0.1) is 4.90 Å². The van der Waals surface area contributed by atoms with E-state index in [9.17, 15) is 13.2 Å². The molecule has 6 nitrogen and oxygen atoms in total. The lowest BCUT2D eigenvalue weighted by Crippen LogP contribution is -2.29. The Kier molecular flexibility index (Phi) is 8.03. The number of hydrogen-bond acceptors (Lipinski definition) is 4. The second kappa shape index (κ2) is 8.47. The Morgan fingerprint density at radius 2 is 1.91 bits per heavy atom. The van der Waals surface area contributed by atoms with Crippen LogP contribution in [0, 0.1) is 12.8 Å². The summed E-state index contributed by atoms with van der Waals surface area (Å²) in [4.78, 5) is 12.2. The molecule has 1 aromatic rings. The van der Waals surface area contributed by atoms with E-state index >= 15 is 0 Å². The van der Waals surface area contributed by atoms with Gasteiger partial charge in [-0.2, -0.15) is 0 Å². The smallest absolute Gasteiger partial charge is 0.242 e. The number of aryl methyl sites for hydroxylation is 1. The van der Waals surface area contributed by atoms with Gasteiger partial charge in [-0.05, 0) is 31.7 Å². The SMILES string of the molecule is CNCC(C)C(=O)Nc1ccc(C)c(S(=O)(=O)N(C)C)c1.Cl. The van der Waals surface area contributed by atoms with Crippen molar-refractivity contribution in [2.75, 3.05) is 33.0 Å². The van der Waals surface area contributed by atoms with Gasteiger partial charge in [-0.15, -0.1) is 12.4 Å². The van der Waals surface area contributed by atoms with Crippen molar-refractivity contribution >= 4 is 34.0 Å². The van der Waals surface area contributed by atoms with Gasteiger partial charge in [-0.3, -0.25) is 4.79 Å². The van der Waals surface area contributed by atoms with Gasteiger partial charge in [0.25, 0.3) is 0 Å². The molecule has 0 fully saturated rings. The molecule has 8 heteroatoms. The molecule has 0 aliphatic heterocycles. The number of anilines is 1. The Bertz CT molecular complexity index is 618. The minimum Gasteiger partial charge on any atom is -0.326 e. The van der Waals surface area contributed by atoms with Crippen molar-refractivity contribution in [3.8, 4) is 0 Å². The van der Waals surface area contributed by atoms with Crippen molar-refractivity contribution in [1.29, 1.82) is 0 Å². The van der Waals surface area contributed by atoms with Crippen molar-refractivity contribution < 1.29 is 13.2 Å². The predicted molar refractivity (Wildman–Crippen MR) is 91.0 cm³/mol. The molecule has 1 aromatic carbocycles. The first-order valence-electron chi connectivity index (χ1n) is 6.68. The highest BCUT2D eigenvalue weighted by molar-refractivity contribution is 7.89. The maximum atomic E-state index is 12.2. The molecule has 1 atom stereocenters. The second-order valence-corrected chi connectivity index (χ2v) is 7.34. The van der Waals surface area contributed by atoms with E-state index in [1.54, 1.807) is 33.0 Å². The van der Waals surface area contributed by atoms with Crippen molar-refractivity contribution in [2.45, 2.75) is 18.7 Å². The van der Waals surface area contributed by atoms with E-state index < -0.39 is 10.0 Å². The standard InChI is InChI=1S/C14H23N3O3S.ClH/c1-10-6-7-12(16-14(18)11(2)9-15-3)8-13(10)21(19,20)17(4)5;/h6-8,11,15H,9H2,1-5H3,(H,16,18);1H. The molecule has 0 radical (unpaired) electrons. The molecule has 126 valence electrons. The van der Waals surface area contributed by atoms with E-state index in [1.165, 1.54) is 20.2 Å². The monoisotopic (exact) mass is 349 g/mol. The maximum Gasteiger partial charge on any atom is 0.242 e. The molecule has 0 saturated heterocycles. The van der Waals surface area contributed by atoms with Crippen LogP contribution in [0.25, 0.3) is 0 Å². The zero-order valence-electron chi connectivity index (χ0n) is 13.5. The first kappa shape index (κ1) is 20.9. The summed E-state index contributed by atoms with van der Waals surface area (Å²) in [5.41, 5.74) is 1.12. The summed E-state index contributed by atoms with van der Waals surface area (Å²) in [6.07, 6.45) is 0. The molecule has 0 bridgehead atoms. The predicted octanol–water partition coefficient (Wildman–Crippen LogP) is 1.46. The van der Waals surface area contributed by atoms with E-state index in [4.69, 9.17) is 0 Å². The number of carbonyl (C=O) groups is 1. The molecule has 0 aromatic heterocycles. The molecule has 1 rings (SSSR count). The van der Waals surface area contributed by atoms with Crippen molar-refractivity contribution in [3.05, 3.63) is 23.8 Å². The number of carbonyl (C=O) groups excluding carboxylic acids is 1. The second-order valence-electron chi connectivity index (χ2n) is 5.22. The van der Waals surface area contributed by atoms with Crippen LogP contribution in [0.15, 0.2) is 23.1 Å². The maximum absolute atomic E-state index is 12.2. The number of nitrogens with zero attached hydrogens (tertiary/aromatic N) is 1. The van der Waals surface area contributed by atoms with E-state index in [0.29, 0.717) is 17.8 Å². The first-order chi connectivity index (χ1) is 9.70. The molecule has 1 amide bonds. The van der Waals surface area contributed by atoms with Gasteiger partial charge < -0.3 is 10.6 Å². The summed E-state index contributed by atoms with van der Waals surface area (Å²) in [7, 11) is 1.21. The molecule has 2 N–H and O–H groups in total. The fraction of sp³-hybridized carbons (Fsp3) is 0.500. The quantitative estimate of drug-likeness (QED) is 0.815. The summed E-state index contributed by atoms with van der Waals surface area (Å²) in [5.74, 6) is -0.355. The molecule has 22 heavy (non-hydrogen) atoms. The van der Waals surface area contributed by atoms with E-state index in [1.807, 2.05) is 0 Å². The lowest BCUT2D eigenvalue weighted by molar-refractivity contribution is -0.119. The first-order valence-corrected chi connectivity index (χ1v) is 8.12. The third kappa shape index (κ3) is 4.95. The van der Waals surface area contributed by atoms with Crippen LogP contribution in [-0.2, 0) is 14.8 Å². The highest BCUT2D eigenvalue weighted by atomic mass is 35.5. The molecular formula is C14H24ClN3O3S. The number of hydrogen-bond donors (Lipinski definition) is 2. The third-order valence-electron chi connectivity index (χ3n) is 3.17. The molecule has 0 spiro atoms. The average Bonchev–Trinajstić information content (AvgIpc) is 2.40. The Morgan fingerprint density at radius 3 is 2.41 bits per heavy atom. The minimum atomic E-state index is -3.53. The third-order valence-corrected chi connectivity index (χ3v) is 5.13. The lowest BCUT2D eigenvalue weighted by Gasteiger charge is -2.16. The fourth-order valence-corrected chi connectivity index (χ4v) is 2.96. The summed E-state index contributed by atoms with van der Waals surface area (Å²) in [6, 6.07) is 4.89. The van der Waals surface area contributed by atoms with Crippen LogP contribution in [-0.4, -0.2) is 46.3 Å². The Labute approximate surface area is 138 Å². The van der Waals surface area contributed by atoms with Crippen LogP contribution in [0.3, 0.4) is 0 Å². The molecule has 0 aliphatic carbocycles. The number of sulfonamides is 1. The van der Waals surface area contributed by atoms with Crippen LogP contribution in [0.5, 0.6) is 0 Å². The number of amides is 1. The summed E-state index contributed by atoms with van der Waals surface area (Å²) in [5, 5.41) is 5.67. The zero-order valence-corrected chi connectivity index (χ0v) is 15.1. The Hall–Kier alpha value is -1.15. The van der Waals surface area contributed by atoms with Gasteiger partial charge in [0.15, 0.2) is 0 Å². The molecule has 0 saturated carbocycles. The van der Waals surface area contributed by atoms with Crippen LogP contribution in [0.4, 0.5) is 5.69 Å². The van der Waals surface area contributed by atoms with Gasteiger partial charge in [0, 0.05) is 32.2 Å². The molecule has 0 heterocycles. The van der Waals surface area contributed by atoms with Crippen LogP contribution in [0.1, 0.15) is 12.5 Å². The number of halogens is 1. The minimum absolute atomic E-state index is 0. The zero-order chi connectivity index (χ0) is 16.2. The van der Waals surface area contributed by atoms with Gasteiger partial charge in [0.2, 0.25) is 15.9 Å². The van der Waals surface area contributed by atoms with E-state index in [-0.39, 0.29) is 29.1 Å². The van der Waals surface area contributed by atoms with Crippen molar-refractivity contribution in [1.82, 2.24) is 9.62 Å². The van der Waals surface area contributed by atoms with E-state index in [0.717, 1.165) is 4.31 Å². The molecular weight excluding hydrogens is 326 g/mol. The normalized spacial score (nSPS) is 12.6. The summed E-state index contributed by atoms with van der Waals surface area (Å²) >= 11 is 0. The number of benzene rings is 1. The van der Waals surface area contributed by atoms with Gasteiger partial charge in [0.1, 0.15) is 0 Å². The van der Waals surface area contributed by atoms with Crippen molar-refractivity contribution in [3.63, 3.8) is 0 Å². The van der Waals surface area contributed by atoms with Crippen LogP contribution >= 0.6 is 12.4 Å². The van der Waals surface area contributed by atoms with Gasteiger partial charge in [-0.25, -0.2) is 12.7 Å². The Morgan fingerprint density at radius 1 is 1.32 bits per heavy atom. The van der Waals surface area contributed by atoms with Gasteiger partial charge >= 0.3 is 0 Å². The highest BCUT2D eigenvalue weighted by Crippen LogP contribution is 2.22. The number of rotatable bonds is 6. The van der Waals surface area contributed by atoms with Crippen molar-refractivity contribution in [2.24, 2.45) is 5.92 Å².